The highest BCUT2D eigenvalue weighted by Gasteiger charge is 2.24. The molecule has 4 aromatic rings. The minimum absolute atomic E-state index is 0.0127. The number of nitrogens with two attached hydrogens (primary N) is 1. The number of amides is 4. The van der Waals surface area contributed by atoms with Crippen LogP contribution in [-0.2, 0) is 62.9 Å². The first-order chi connectivity index (χ1) is 29.5. The molecule has 0 fully saturated rings. The largest absolute Gasteiger partial charge is 0.460 e. The summed E-state index contributed by atoms with van der Waals surface area (Å²) in [5.74, 6) is -2.22. The molecule has 1 aromatic carbocycles. The van der Waals surface area contributed by atoms with Crippen molar-refractivity contribution in [2.24, 2.45) is 11.1 Å². The van der Waals surface area contributed by atoms with Crippen LogP contribution >= 0.6 is 0 Å². The van der Waals surface area contributed by atoms with E-state index in [0.717, 1.165) is 18.1 Å². The van der Waals surface area contributed by atoms with E-state index in [9.17, 15) is 32.4 Å². The van der Waals surface area contributed by atoms with Crippen LogP contribution in [-0.4, -0.2) is 120 Å². The summed E-state index contributed by atoms with van der Waals surface area (Å²) in [4.78, 5) is 74.2. The number of sulfone groups is 1. The minimum Gasteiger partial charge on any atom is -0.460 e. The van der Waals surface area contributed by atoms with E-state index in [0.29, 0.717) is 75.5 Å². The topological polar surface area (TPSA) is 304 Å². The maximum absolute atomic E-state index is 13.1. The lowest BCUT2D eigenvalue weighted by Gasteiger charge is -2.19. The second-order valence-electron chi connectivity index (χ2n) is 14.9. The fraction of sp³-hybridized carbons (Fsp3) is 0.487. The highest BCUT2D eigenvalue weighted by atomic mass is 32.2. The van der Waals surface area contributed by atoms with Crippen molar-refractivity contribution in [3.05, 3.63) is 66.1 Å². The number of unbranched alkanes of at least 4 members (excludes halogenated alkanes) is 1. The molecule has 0 bridgehead atoms. The van der Waals surface area contributed by atoms with Crippen LogP contribution in [0.1, 0.15) is 68.2 Å². The Morgan fingerprint density at radius 2 is 1.66 bits per heavy atom. The number of nitrogens with zero attached hydrogens (tertiary/aromatic N) is 6. The lowest BCUT2D eigenvalue weighted by atomic mass is 9.97. The fourth-order valence-electron chi connectivity index (χ4n) is 5.15. The lowest BCUT2D eigenvalue weighted by Crippen LogP contribution is -2.45. The molecular weight excluding hydrogens is 831 g/mol. The molecular formula is C39H53N11O11S. The van der Waals surface area contributed by atoms with Gasteiger partial charge in [0, 0.05) is 37.5 Å². The van der Waals surface area contributed by atoms with Crippen LogP contribution in [0.5, 0.6) is 0 Å². The molecule has 336 valence electrons. The van der Waals surface area contributed by atoms with Gasteiger partial charge in [0.15, 0.2) is 5.69 Å². The molecule has 0 aliphatic heterocycles. The number of carbonyl (C=O) groups is 5. The predicted molar refractivity (Wildman–Crippen MR) is 220 cm³/mol. The van der Waals surface area contributed by atoms with Gasteiger partial charge in [0.1, 0.15) is 37.8 Å². The number of ether oxygens (including phenoxy) is 3. The number of hydrogen-bond donors (Lipinski definition) is 5. The van der Waals surface area contributed by atoms with Crippen LogP contribution < -0.4 is 27.0 Å². The highest BCUT2D eigenvalue weighted by Crippen LogP contribution is 2.19. The maximum Gasteiger partial charge on any atom is 0.311 e. The third-order valence-electron chi connectivity index (χ3n) is 8.48. The maximum atomic E-state index is 13.1. The van der Waals surface area contributed by atoms with Crippen molar-refractivity contribution >= 4 is 45.1 Å². The van der Waals surface area contributed by atoms with Gasteiger partial charge in [-0.15, -0.1) is 5.10 Å². The van der Waals surface area contributed by atoms with Crippen molar-refractivity contribution in [2.45, 2.75) is 77.3 Å². The van der Waals surface area contributed by atoms with Crippen LogP contribution in [0.25, 0.3) is 11.5 Å². The van der Waals surface area contributed by atoms with E-state index >= 15 is 0 Å². The molecule has 23 heteroatoms. The average molecular weight is 884 g/mol. The molecule has 22 nitrogen and oxygen atoms in total. The summed E-state index contributed by atoms with van der Waals surface area (Å²) in [7, 11) is -3.57. The molecule has 0 unspecified atom stereocenters. The van der Waals surface area contributed by atoms with Crippen LogP contribution in [0, 0.1) is 5.41 Å². The van der Waals surface area contributed by atoms with Crippen molar-refractivity contribution < 1.29 is 51.0 Å². The Hall–Kier alpha value is -6.17. The summed E-state index contributed by atoms with van der Waals surface area (Å²) < 4.78 is 46.2. The summed E-state index contributed by atoms with van der Waals surface area (Å²) in [6.45, 7) is 6.48. The van der Waals surface area contributed by atoms with Gasteiger partial charge in [0.25, 0.3) is 5.91 Å². The second-order valence-corrected chi connectivity index (χ2v) is 16.9. The van der Waals surface area contributed by atoms with Crippen LogP contribution in [0.3, 0.4) is 0 Å². The molecule has 0 spiro atoms. The van der Waals surface area contributed by atoms with Crippen LogP contribution in [0.4, 0.5) is 5.69 Å². The van der Waals surface area contributed by atoms with E-state index in [1.807, 2.05) is 0 Å². The van der Waals surface area contributed by atoms with Crippen LogP contribution in [0.2, 0.25) is 0 Å². The average Bonchev–Trinajstić information content (AvgIpc) is 3.92. The Morgan fingerprint density at radius 3 is 2.35 bits per heavy atom. The molecule has 0 radical (unpaired) electrons. The summed E-state index contributed by atoms with van der Waals surface area (Å²) in [5.41, 5.74) is 7.01. The third-order valence-corrected chi connectivity index (χ3v) is 9.35. The SMILES string of the molecule is CC(C)(C)C(=O)OCc1ccc(NC(=O)[C@H](CCCCN)NC(=O)COCC(=O)NCCCOCCn2cc(CNC(=O)c3coc(-c4cnc(S(C)(=O)=O)nc4)n3)nn2)cc1. The molecule has 6 N–H and O–H groups in total. The molecule has 1 atom stereocenters. The van der Waals surface area contributed by atoms with Crippen molar-refractivity contribution in [2.75, 3.05) is 51.1 Å². The normalized spacial score (nSPS) is 12.0. The third kappa shape index (κ3) is 16.7. The van der Waals surface area contributed by atoms with Gasteiger partial charge in [-0.1, -0.05) is 17.3 Å². The number of esters is 1. The molecule has 0 saturated heterocycles. The zero-order chi connectivity index (χ0) is 45.1. The number of carbonyl (C=O) groups excluding carboxylic acids is 5. The number of anilines is 1. The van der Waals surface area contributed by atoms with Gasteiger partial charge < -0.3 is 45.6 Å². The second kappa shape index (κ2) is 23.7. The zero-order valence-electron chi connectivity index (χ0n) is 35.0. The summed E-state index contributed by atoms with van der Waals surface area (Å²) in [5, 5.41) is 18.5. The van der Waals surface area contributed by atoms with Gasteiger partial charge in [0.05, 0.1) is 36.9 Å². The van der Waals surface area contributed by atoms with E-state index in [1.165, 1.54) is 12.4 Å². The van der Waals surface area contributed by atoms with E-state index in [-0.39, 0.29) is 42.5 Å². The number of benzene rings is 1. The standard InChI is InChI=1S/C39H53N11O11S/c1-39(2,3)37(55)61-22-26-9-11-28(12-10-26)45-35(54)30(8-5-6-13-40)46-33(52)25-59-24-32(51)41-14-7-16-58-17-15-50-21-29(48-49-50)20-42-34(53)31-23-60-36(47-31)27-18-43-38(44-19-27)62(4,56)57/h9-12,18-19,21,23,30H,5-8,13-17,20,22,24-25,40H2,1-4H3,(H,41,51)(H,42,53)(H,45,54)(H,46,52)/t30-/m0/s1. The number of aromatic nitrogens is 6. The Bertz CT molecular complexity index is 2210. The quantitative estimate of drug-likeness (QED) is 0.0351. The summed E-state index contributed by atoms with van der Waals surface area (Å²) in [6, 6.07) is 5.96. The molecule has 4 amide bonds. The van der Waals surface area contributed by atoms with E-state index < -0.39 is 51.5 Å². The Labute approximate surface area is 358 Å². The van der Waals surface area contributed by atoms with E-state index in [1.54, 1.807) is 55.9 Å². The van der Waals surface area contributed by atoms with Gasteiger partial charge in [-0.05, 0) is 70.7 Å². The molecule has 62 heavy (non-hydrogen) atoms. The Morgan fingerprint density at radius 1 is 0.935 bits per heavy atom. The summed E-state index contributed by atoms with van der Waals surface area (Å²) in [6.07, 6.45) is 8.38. The van der Waals surface area contributed by atoms with Gasteiger partial charge in [0.2, 0.25) is 38.6 Å². The Kier molecular flexibility index (Phi) is 18.6. The molecule has 0 aliphatic rings. The number of hydrogen-bond acceptors (Lipinski definition) is 17. The number of rotatable bonds is 25. The lowest BCUT2D eigenvalue weighted by molar-refractivity contribution is -0.154. The molecule has 4 rings (SSSR count). The first-order valence-corrected chi connectivity index (χ1v) is 21.5. The monoisotopic (exact) mass is 883 g/mol. The van der Waals surface area contributed by atoms with Crippen molar-refractivity contribution in [1.82, 2.24) is 45.9 Å². The fourth-order valence-corrected chi connectivity index (χ4v) is 5.63. The van der Waals surface area contributed by atoms with Crippen molar-refractivity contribution in [3.8, 4) is 11.5 Å². The van der Waals surface area contributed by atoms with Crippen LogP contribution in [0.15, 0.2) is 58.7 Å². The molecule has 0 aliphatic carbocycles. The van der Waals surface area contributed by atoms with Gasteiger partial charge in [-0.3, -0.25) is 24.0 Å². The number of oxazole rings is 1. The first kappa shape index (κ1) is 48.5. The summed E-state index contributed by atoms with van der Waals surface area (Å²) >= 11 is 0. The minimum atomic E-state index is -3.57. The smallest absolute Gasteiger partial charge is 0.311 e. The van der Waals surface area contributed by atoms with Gasteiger partial charge in [-0.2, -0.15) is 0 Å². The molecule has 0 saturated carbocycles. The van der Waals surface area contributed by atoms with Crippen molar-refractivity contribution in [3.63, 3.8) is 0 Å². The molecule has 3 aromatic heterocycles. The van der Waals surface area contributed by atoms with Crippen molar-refractivity contribution in [1.29, 1.82) is 0 Å². The van der Waals surface area contributed by atoms with E-state index in [2.05, 4.69) is 46.5 Å². The van der Waals surface area contributed by atoms with Gasteiger partial charge in [-0.25, -0.2) is 28.1 Å². The predicted octanol–water partition coefficient (Wildman–Crippen LogP) is 0.938. The highest BCUT2D eigenvalue weighted by molar-refractivity contribution is 7.90. The zero-order valence-corrected chi connectivity index (χ0v) is 35.9. The Balaban J connectivity index is 1.06. The van der Waals surface area contributed by atoms with Gasteiger partial charge >= 0.3 is 5.97 Å². The molecule has 3 heterocycles. The first-order valence-electron chi connectivity index (χ1n) is 19.7. The number of nitrogens with one attached hydrogen (secondary N) is 4. The van der Waals surface area contributed by atoms with E-state index in [4.69, 9.17) is 24.4 Å².